The first-order valence-corrected chi connectivity index (χ1v) is 7.10. The maximum Gasteiger partial charge on any atom is 0.0936 e. The van der Waals surface area contributed by atoms with E-state index < -0.39 is 0 Å². The highest BCUT2D eigenvalue weighted by molar-refractivity contribution is 9.11. The third-order valence-electron chi connectivity index (χ3n) is 1.72. The average molecular weight is 328 g/mol. The Hall–Kier alpha value is 0.460. The fraction of sp³-hybridized carbons (Fsp3) is 0.111. The Morgan fingerprint density at radius 3 is 2.64 bits per heavy atom. The molecule has 0 amide bonds. The van der Waals surface area contributed by atoms with Gasteiger partial charge in [-0.25, -0.2) is 0 Å². The Morgan fingerprint density at radius 2 is 2.14 bits per heavy atom. The molecule has 0 radical (unpaired) electrons. The zero-order valence-electron chi connectivity index (χ0n) is 6.84. The van der Waals surface area contributed by atoms with E-state index in [1.54, 1.807) is 11.3 Å². The van der Waals surface area contributed by atoms with Gasteiger partial charge in [-0.2, -0.15) is 0 Å². The molecule has 74 valence electrons. The van der Waals surface area contributed by atoms with Crippen molar-refractivity contribution >= 4 is 61.8 Å². The Bertz CT molecular complexity index is 395. The lowest BCUT2D eigenvalue weighted by Crippen LogP contribution is -1.85. The molecular weight excluding hydrogens is 323 g/mol. The normalized spacial score (nSPS) is 13.1. The van der Waals surface area contributed by atoms with Gasteiger partial charge in [0.1, 0.15) is 0 Å². The summed E-state index contributed by atoms with van der Waals surface area (Å²) in [7, 11) is 0. The molecule has 0 aromatic carbocycles. The molecule has 0 spiro atoms. The van der Waals surface area contributed by atoms with Crippen LogP contribution in [0.1, 0.15) is 15.8 Å². The van der Waals surface area contributed by atoms with Gasteiger partial charge in [0.25, 0.3) is 0 Å². The summed E-state index contributed by atoms with van der Waals surface area (Å²) < 4.78 is 1.88. The minimum absolute atomic E-state index is 0.0879. The Balaban J connectivity index is 2.28. The first-order valence-electron chi connectivity index (χ1n) is 3.80. The fourth-order valence-corrected chi connectivity index (χ4v) is 3.84. The molecule has 0 nitrogen and oxygen atoms in total. The zero-order chi connectivity index (χ0) is 10.1. The summed E-state index contributed by atoms with van der Waals surface area (Å²) in [6.07, 6.45) is 0. The molecule has 2 aromatic rings. The highest BCUT2D eigenvalue weighted by Gasteiger charge is 2.14. The van der Waals surface area contributed by atoms with Crippen molar-refractivity contribution in [1.82, 2.24) is 0 Å². The van der Waals surface area contributed by atoms with E-state index in [1.165, 1.54) is 11.3 Å². The van der Waals surface area contributed by atoms with Gasteiger partial charge in [0.05, 0.1) is 13.5 Å². The molecule has 0 aliphatic heterocycles. The lowest BCUT2D eigenvalue weighted by Gasteiger charge is -2.02. The van der Waals surface area contributed by atoms with E-state index in [9.17, 15) is 0 Å². The average Bonchev–Trinajstić information content (AvgIpc) is 2.73. The Morgan fingerprint density at radius 1 is 1.36 bits per heavy atom. The predicted molar refractivity (Wildman–Crippen MR) is 69.0 cm³/mol. The third kappa shape index (κ3) is 2.34. The number of rotatable bonds is 2. The number of halogens is 3. The minimum Gasteiger partial charge on any atom is -0.132 e. The monoisotopic (exact) mass is 326 g/mol. The van der Waals surface area contributed by atoms with Gasteiger partial charge < -0.3 is 0 Å². The highest BCUT2D eigenvalue weighted by atomic mass is 79.9. The Kier molecular flexibility index (Phi) is 3.55. The molecule has 1 atom stereocenters. The van der Waals surface area contributed by atoms with Gasteiger partial charge in [-0.3, -0.25) is 0 Å². The van der Waals surface area contributed by atoms with Crippen LogP contribution in [-0.2, 0) is 0 Å². The van der Waals surface area contributed by atoms with E-state index in [1.807, 2.05) is 23.6 Å². The van der Waals surface area contributed by atoms with Crippen LogP contribution in [0.15, 0.2) is 27.4 Å². The zero-order valence-corrected chi connectivity index (χ0v) is 11.6. The van der Waals surface area contributed by atoms with E-state index >= 15 is 0 Å². The maximum atomic E-state index is 6.30. The first-order chi connectivity index (χ1) is 6.66. The lowest BCUT2D eigenvalue weighted by atomic mass is 10.2. The number of thiophene rings is 2. The second-order valence-electron chi connectivity index (χ2n) is 2.69. The molecule has 0 fully saturated rings. The van der Waals surface area contributed by atoms with Gasteiger partial charge in [0.15, 0.2) is 0 Å². The van der Waals surface area contributed by atoms with Crippen molar-refractivity contribution in [3.63, 3.8) is 0 Å². The standard InChI is InChI=1S/C9H5BrCl2S2/c10-7-2-1-6(14-7)9(12)5-3-8(11)13-4-5/h1-4,9H. The van der Waals surface area contributed by atoms with E-state index in [0.29, 0.717) is 0 Å². The SMILES string of the molecule is Clc1cc(C(Cl)c2ccc(Br)s2)cs1. The fourth-order valence-electron chi connectivity index (χ4n) is 1.09. The second kappa shape index (κ2) is 4.54. The first kappa shape index (κ1) is 11.0. The molecule has 0 saturated heterocycles. The van der Waals surface area contributed by atoms with Crippen molar-refractivity contribution in [3.8, 4) is 0 Å². The van der Waals surface area contributed by atoms with E-state index in [2.05, 4.69) is 15.9 Å². The summed E-state index contributed by atoms with van der Waals surface area (Å²) in [5.74, 6) is 0. The van der Waals surface area contributed by atoms with Crippen LogP contribution in [0.3, 0.4) is 0 Å². The summed E-state index contributed by atoms with van der Waals surface area (Å²) in [6, 6.07) is 5.94. The van der Waals surface area contributed by atoms with Crippen molar-refractivity contribution in [2.45, 2.75) is 5.38 Å². The molecule has 0 aliphatic carbocycles. The quantitative estimate of drug-likeness (QED) is 0.634. The predicted octanol–water partition coefficient (Wildman–Crippen LogP) is 5.55. The Labute approximate surface area is 109 Å². The van der Waals surface area contributed by atoms with E-state index in [4.69, 9.17) is 23.2 Å². The summed E-state index contributed by atoms with van der Waals surface area (Å²) in [4.78, 5) is 1.13. The number of alkyl halides is 1. The van der Waals surface area contributed by atoms with Crippen LogP contribution in [0, 0.1) is 0 Å². The van der Waals surface area contributed by atoms with Gasteiger partial charge in [-0.05, 0) is 45.1 Å². The van der Waals surface area contributed by atoms with Gasteiger partial charge >= 0.3 is 0 Å². The van der Waals surface area contributed by atoms with Crippen LogP contribution in [0.4, 0.5) is 0 Å². The molecule has 0 N–H and O–H groups in total. The molecule has 0 saturated carbocycles. The van der Waals surface area contributed by atoms with Crippen molar-refractivity contribution in [3.05, 3.63) is 42.1 Å². The van der Waals surface area contributed by atoms with Crippen LogP contribution in [0.5, 0.6) is 0 Å². The summed E-state index contributed by atoms with van der Waals surface area (Å²) in [5, 5.41) is 1.91. The van der Waals surface area contributed by atoms with Crippen molar-refractivity contribution < 1.29 is 0 Å². The summed E-state index contributed by atoms with van der Waals surface area (Å²) in [5.41, 5.74) is 1.07. The van der Waals surface area contributed by atoms with Gasteiger partial charge in [0.2, 0.25) is 0 Å². The van der Waals surface area contributed by atoms with Crippen molar-refractivity contribution in [2.24, 2.45) is 0 Å². The molecule has 14 heavy (non-hydrogen) atoms. The molecular formula is C9H5BrCl2S2. The summed E-state index contributed by atoms with van der Waals surface area (Å²) in [6.45, 7) is 0. The largest absolute Gasteiger partial charge is 0.132 e. The van der Waals surface area contributed by atoms with Crippen LogP contribution in [0.25, 0.3) is 0 Å². The maximum absolute atomic E-state index is 6.30. The van der Waals surface area contributed by atoms with Crippen molar-refractivity contribution in [2.75, 3.05) is 0 Å². The van der Waals surface area contributed by atoms with Gasteiger partial charge in [0, 0.05) is 4.88 Å². The second-order valence-corrected chi connectivity index (χ2v) is 7.16. The van der Waals surface area contributed by atoms with Crippen LogP contribution in [-0.4, -0.2) is 0 Å². The van der Waals surface area contributed by atoms with Crippen molar-refractivity contribution in [1.29, 1.82) is 0 Å². The van der Waals surface area contributed by atoms with Crippen LogP contribution < -0.4 is 0 Å². The van der Waals surface area contributed by atoms with E-state index in [0.717, 1.165) is 18.6 Å². The topological polar surface area (TPSA) is 0 Å². The molecule has 2 heterocycles. The molecule has 0 aliphatic rings. The van der Waals surface area contributed by atoms with Gasteiger partial charge in [-0.1, -0.05) is 11.6 Å². The molecule has 2 aromatic heterocycles. The van der Waals surface area contributed by atoms with E-state index in [-0.39, 0.29) is 5.38 Å². The minimum atomic E-state index is -0.0879. The molecule has 0 bridgehead atoms. The molecule has 2 rings (SSSR count). The van der Waals surface area contributed by atoms with Gasteiger partial charge in [-0.15, -0.1) is 34.3 Å². The third-order valence-corrected chi connectivity index (χ3v) is 5.14. The lowest BCUT2D eigenvalue weighted by molar-refractivity contribution is 1.20. The van der Waals surface area contributed by atoms with Crippen LogP contribution >= 0.6 is 61.8 Å². The number of hydrogen-bond donors (Lipinski definition) is 0. The highest BCUT2D eigenvalue weighted by Crippen LogP contribution is 2.38. The summed E-state index contributed by atoms with van der Waals surface area (Å²) >= 11 is 18.7. The smallest absolute Gasteiger partial charge is 0.0936 e. The molecule has 5 heteroatoms. The number of hydrogen-bond acceptors (Lipinski definition) is 2. The van der Waals surface area contributed by atoms with Crippen LogP contribution in [0.2, 0.25) is 4.34 Å². The molecule has 1 unspecified atom stereocenters.